The molecule has 1 atom stereocenters. The second-order valence-electron chi connectivity index (χ2n) is 4.99. The summed E-state index contributed by atoms with van der Waals surface area (Å²) in [5, 5.41) is 0. The van der Waals surface area contributed by atoms with E-state index in [4.69, 9.17) is 5.73 Å². The summed E-state index contributed by atoms with van der Waals surface area (Å²) in [6, 6.07) is 4.70. The predicted octanol–water partition coefficient (Wildman–Crippen LogP) is 1.47. The molecule has 1 aromatic rings. The van der Waals surface area contributed by atoms with Crippen LogP contribution in [0.3, 0.4) is 0 Å². The Labute approximate surface area is 113 Å². The smallest absolute Gasteiger partial charge is 0.152 e. The molecule has 0 aliphatic carbocycles. The molecule has 0 amide bonds. The van der Waals surface area contributed by atoms with Crippen LogP contribution in [0.15, 0.2) is 18.2 Å². The number of anilines is 1. The highest BCUT2D eigenvalue weighted by Gasteiger charge is 2.21. The highest BCUT2D eigenvalue weighted by atomic mass is 32.2. The van der Waals surface area contributed by atoms with Gasteiger partial charge in [0.1, 0.15) is 5.82 Å². The molecule has 1 aliphatic heterocycles. The van der Waals surface area contributed by atoms with E-state index in [1.807, 2.05) is 0 Å². The minimum Gasteiger partial charge on any atom is -0.368 e. The van der Waals surface area contributed by atoms with Crippen LogP contribution >= 0.6 is 0 Å². The summed E-state index contributed by atoms with van der Waals surface area (Å²) in [4.78, 5) is 1.80. The van der Waals surface area contributed by atoms with Gasteiger partial charge in [-0.15, -0.1) is 0 Å². The van der Waals surface area contributed by atoms with Gasteiger partial charge in [-0.3, -0.25) is 0 Å². The Morgan fingerprint density at radius 2 is 2.05 bits per heavy atom. The van der Waals surface area contributed by atoms with Crippen molar-refractivity contribution in [1.29, 1.82) is 0 Å². The van der Waals surface area contributed by atoms with Crippen molar-refractivity contribution in [2.45, 2.75) is 19.4 Å². The van der Waals surface area contributed by atoms with Crippen LogP contribution in [0.2, 0.25) is 0 Å². The van der Waals surface area contributed by atoms with Gasteiger partial charge in [-0.2, -0.15) is 0 Å². The SMILES string of the molecule is CC(N)c1ccc(N2CCCS(=O)(=O)CC2)c(F)c1. The highest BCUT2D eigenvalue weighted by molar-refractivity contribution is 7.91. The van der Waals surface area contributed by atoms with Gasteiger partial charge in [0, 0.05) is 19.1 Å². The Morgan fingerprint density at radius 3 is 2.68 bits per heavy atom. The first-order chi connectivity index (χ1) is 8.89. The van der Waals surface area contributed by atoms with Gasteiger partial charge in [-0.25, -0.2) is 12.8 Å². The lowest BCUT2D eigenvalue weighted by Crippen LogP contribution is -2.27. The van der Waals surface area contributed by atoms with Crippen molar-refractivity contribution in [2.24, 2.45) is 5.73 Å². The van der Waals surface area contributed by atoms with Crippen molar-refractivity contribution in [3.8, 4) is 0 Å². The van der Waals surface area contributed by atoms with E-state index < -0.39 is 9.84 Å². The summed E-state index contributed by atoms with van der Waals surface area (Å²) < 4.78 is 37.2. The third kappa shape index (κ3) is 3.45. The molecular weight excluding hydrogens is 267 g/mol. The van der Waals surface area contributed by atoms with Gasteiger partial charge in [0.15, 0.2) is 9.84 Å². The molecule has 0 aromatic heterocycles. The fourth-order valence-electron chi connectivity index (χ4n) is 2.24. The second-order valence-corrected chi connectivity index (χ2v) is 7.30. The standard InChI is InChI=1S/C13H19FN2O2S/c1-10(15)11-3-4-13(12(14)9-11)16-5-2-7-19(17,18)8-6-16/h3-4,9-10H,2,5-8,15H2,1H3. The topological polar surface area (TPSA) is 63.4 Å². The van der Waals surface area contributed by atoms with Crippen LogP contribution in [0.1, 0.15) is 24.9 Å². The fraction of sp³-hybridized carbons (Fsp3) is 0.538. The van der Waals surface area contributed by atoms with Gasteiger partial charge in [-0.1, -0.05) is 6.07 Å². The van der Waals surface area contributed by atoms with Crippen LogP contribution in [0.5, 0.6) is 0 Å². The Bertz CT molecular complexity index is 558. The van der Waals surface area contributed by atoms with E-state index in [1.165, 1.54) is 6.07 Å². The van der Waals surface area contributed by atoms with Crippen LogP contribution in [-0.4, -0.2) is 33.0 Å². The monoisotopic (exact) mass is 286 g/mol. The maximum atomic E-state index is 14.1. The van der Waals surface area contributed by atoms with Crippen LogP contribution in [-0.2, 0) is 9.84 Å². The molecule has 0 saturated carbocycles. The number of hydrogen-bond acceptors (Lipinski definition) is 4. The van der Waals surface area contributed by atoms with Gasteiger partial charge >= 0.3 is 0 Å². The second kappa shape index (κ2) is 5.46. The van der Waals surface area contributed by atoms with E-state index in [0.717, 1.165) is 5.56 Å². The maximum absolute atomic E-state index is 14.1. The lowest BCUT2D eigenvalue weighted by molar-refractivity contribution is 0.596. The summed E-state index contributed by atoms with van der Waals surface area (Å²) in [7, 11) is -2.98. The average Bonchev–Trinajstić information content (AvgIpc) is 2.50. The van der Waals surface area contributed by atoms with Gasteiger partial charge in [-0.05, 0) is 31.0 Å². The number of nitrogens with zero attached hydrogens (tertiary/aromatic N) is 1. The zero-order chi connectivity index (χ0) is 14.0. The third-order valence-corrected chi connectivity index (χ3v) is 5.11. The predicted molar refractivity (Wildman–Crippen MR) is 74.5 cm³/mol. The molecular formula is C13H19FN2O2S. The average molecular weight is 286 g/mol. The van der Waals surface area contributed by atoms with Crippen molar-refractivity contribution in [3.63, 3.8) is 0 Å². The zero-order valence-corrected chi connectivity index (χ0v) is 11.8. The molecule has 19 heavy (non-hydrogen) atoms. The molecule has 1 saturated heterocycles. The Hall–Kier alpha value is -1.14. The number of sulfone groups is 1. The van der Waals surface area contributed by atoms with E-state index in [9.17, 15) is 12.8 Å². The lowest BCUT2D eigenvalue weighted by Gasteiger charge is -2.23. The molecule has 0 bridgehead atoms. The van der Waals surface area contributed by atoms with E-state index in [0.29, 0.717) is 25.2 Å². The molecule has 2 rings (SSSR count). The number of nitrogens with two attached hydrogens (primary N) is 1. The van der Waals surface area contributed by atoms with Gasteiger partial charge in [0.05, 0.1) is 17.2 Å². The first-order valence-electron chi connectivity index (χ1n) is 6.39. The van der Waals surface area contributed by atoms with Gasteiger partial charge in [0.25, 0.3) is 0 Å². The van der Waals surface area contributed by atoms with Crippen LogP contribution in [0.4, 0.5) is 10.1 Å². The van der Waals surface area contributed by atoms with E-state index in [1.54, 1.807) is 24.0 Å². The molecule has 1 fully saturated rings. The van der Waals surface area contributed by atoms with Crippen molar-refractivity contribution >= 4 is 15.5 Å². The Kier molecular flexibility index (Phi) is 4.10. The van der Waals surface area contributed by atoms with Gasteiger partial charge in [0.2, 0.25) is 0 Å². The van der Waals surface area contributed by atoms with E-state index in [-0.39, 0.29) is 23.4 Å². The number of benzene rings is 1. The maximum Gasteiger partial charge on any atom is 0.152 e. The van der Waals surface area contributed by atoms with Crippen molar-refractivity contribution in [3.05, 3.63) is 29.6 Å². The summed E-state index contributed by atoms with van der Waals surface area (Å²) in [6.45, 7) is 2.71. The summed E-state index contributed by atoms with van der Waals surface area (Å²) in [5.41, 5.74) is 6.91. The molecule has 0 spiro atoms. The Morgan fingerprint density at radius 1 is 1.32 bits per heavy atom. The normalized spacial score (nSPS) is 20.9. The molecule has 4 nitrogen and oxygen atoms in total. The van der Waals surface area contributed by atoms with Crippen LogP contribution in [0, 0.1) is 5.82 Å². The minimum absolute atomic E-state index is 0.0848. The largest absolute Gasteiger partial charge is 0.368 e. The molecule has 2 N–H and O–H groups in total. The highest BCUT2D eigenvalue weighted by Crippen LogP contribution is 2.24. The van der Waals surface area contributed by atoms with Gasteiger partial charge < -0.3 is 10.6 Å². The van der Waals surface area contributed by atoms with Crippen molar-refractivity contribution in [2.75, 3.05) is 29.5 Å². The fourth-order valence-corrected chi connectivity index (χ4v) is 3.51. The third-order valence-electron chi connectivity index (χ3n) is 3.39. The molecule has 1 aliphatic rings. The number of halogens is 1. The minimum atomic E-state index is -2.98. The molecule has 106 valence electrons. The van der Waals surface area contributed by atoms with Crippen molar-refractivity contribution in [1.82, 2.24) is 0 Å². The summed E-state index contributed by atoms with van der Waals surface area (Å²) in [5.74, 6) is -0.0704. The first-order valence-corrected chi connectivity index (χ1v) is 8.21. The quantitative estimate of drug-likeness (QED) is 0.894. The summed E-state index contributed by atoms with van der Waals surface area (Å²) in [6.07, 6.45) is 0.539. The molecule has 0 radical (unpaired) electrons. The first kappa shape index (κ1) is 14.3. The van der Waals surface area contributed by atoms with Crippen LogP contribution in [0.25, 0.3) is 0 Å². The van der Waals surface area contributed by atoms with E-state index >= 15 is 0 Å². The molecule has 1 heterocycles. The number of rotatable bonds is 2. The molecule has 1 unspecified atom stereocenters. The summed E-state index contributed by atoms with van der Waals surface area (Å²) >= 11 is 0. The molecule has 1 aromatic carbocycles. The number of hydrogen-bond donors (Lipinski definition) is 1. The molecule has 6 heteroatoms. The lowest BCUT2D eigenvalue weighted by atomic mass is 10.1. The van der Waals surface area contributed by atoms with Crippen LogP contribution < -0.4 is 10.6 Å². The van der Waals surface area contributed by atoms with Crippen molar-refractivity contribution < 1.29 is 12.8 Å². The van der Waals surface area contributed by atoms with E-state index in [2.05, 4.69) is 0 Å². The Balaban J connectivity index is 2.22. The zero-order valence-electron chi connectivity index (χ0n) is 11.0.